The van der Waals surface area contributed by atoms with Gasteiger partial charge in [0.2, 0.25) is 0 Å². The predicted molar refractivity (Wildman–Crippen MR) is 125 cm³/mol. The maximum absolute atomic E-state index is 11.9. The van der Waals surface area contributed by atoms with E-state index in [1.807, 2.05) is 6.92 Å². The zero-order valence-corrected chi connectivity index (χ0v) is 18.5. The molecular weight excluding hydrogens is 384 g/mol. The maximum Gasteiger partial charge on any atom is 0.308 e. The molecule has 31 heavy (non-hydrogen) atoms. The van der Waals surface area contributed by atoms with Gasteiger partial charge in [-0.3, -0.25) is 4.79 Å². The summed E-state index contributed by atoms with van der Waals surface area (Å²) in [6.07, 6.45) is 6.29. The van der Waals surface area contributed by atoms with Crippen molar-refractivity contribution < 1.29 is 9.53 Å². The number of para-hydroxylation sites is 2. The molecule has 5 rings (SSSR count). The minimum Gasteiger partial charge on any atom is -0.469 e. The lowest BCUT2D eigenvalue weighted by Gasteiger charge is -2.31. The number of methoxy groups -OCH3 is 1. The summed E-state index contributed by atoms with van der Waals surface area (Å²) in [5.41, 5.74) is 6.64. The van der Waals surface area contributed by atoms with E-state index in [-0.39, 0.29) is 17.9 Å². The van der Waals surface area contributed by atoms with Gasteiger partial charge in [-0.05, 0) is 54.9 Å². The zero-order chi connectivity index (χ0) is 21.5. The van der Waals surface area contributed by atoms with Gasteiger partial charge in [0.25, 0.3) is 0 Å². The van der Waals surface area contributed by atoms with Crippen LogP contribution in [0.25, 0.3) is 21.8 Å². The van der Waals surface area contributed by atoms with E-state index in [1.54, 1.807) is 0 Å². The van der Waals surface area contributed by atoms with E-state index in [0.717, 1.165) is 19.3 Å². The van der Waals surface area contributed by atoms with Crippen LogP contribution in [0.5, 0.6) is 0 Å². The minimum atomic E-state index is -0.132. The highest BCUT2D eigenvalue weighted by Crippen LogP contribution is 2.42. The number of rotatable bonds is 5. The van der Waals surface area contributed by atoms with Crippen molar-refractivity contribution in [1.82, 2.24) is 9.55 Å². The number of benzene rings is 2. The van der Waals surface area contributed by atoms with Gasteiger partial charge in [0.1, 0.15) is 0 Å². The first-order chi connectivity index (χ1) is 15.1. The van der Waals surface area contributed by atoms with Gasteiger partial charge in [-0.2, -0.15) is 0 Å². The van der Waals surface area contributed by atoms with Gasteiger partial charge in [0.05, 0.1) is 19.1 Å². The van der Waals surface area contributed by atoms with Gasteiger partial charge < -0.3 is 14.3 Å². The van der Waals surface area contributed by atoms with E-state index in [9.17, 15) is 4.79 Å². The molecule has 0 aliphatic heterocycles. The SMILES string of the molecule is COC(=O)C(C)CCc1cn(C2c3[nH]c4ccccc4c3CCC2C)c2ccccc12. The smallest absolute Gasteiger partial charge is 0.308 e. The highest BCUT2D eigenvalue weighted by Gasteiger charge is 2.32. The highest BCUT2D eigenvalue weighted by atomic mass is 16.5. The van der Waals surface area contributed by atoms with Crippen LogP contribution >= 0.6 is 0 Å². The molecule has 4 aromatic rings. The van der Waals surface area contributed by atoms with Crippen LogP contribution in [0, 0.1) is 11.8 Å². The number of carbonyl (C=O) groups is 1. The Morgan fingerprint density at radius 3 is 2.71 bits per heavy atom. The number of ether oxygens (including phenoxy) is 1. The lowest BCUT2D eigenvalue weighted by atomic mass is 9.83. The Hall–Kier alpha value is -3.01. The number of fused-ring (bicyclic) bond motifs is 4. The second-order valence-electron chi connectivity index (χ2n) is 9.07. The minimum absolute atomic E-state index is 0.0963. The molecule has 2 heterocycles. The molecule has 2 aromatic heterocycles. The molecule has 4 heteroatoms. The molecule has 0 saturated carbocycles. The monoisotopic (exact) mass is 414 g/mol. The Morgan fingerprint density at radius 1 is 1.16 bits per heavy atom. The molecular formula is C27H30N2O2. The van der Waals surface area contributed by atoms with E-state index in [2.05, 4.69) is 71.2 Å². The standard InChI is InChI=1S/C27H30N2O2/c1-17-13-15-22-21-9-4-6-10-23(21)28-25(22)26(17)29-16-19(14-12-18(2)27(30)31-3)20-8-5-7-11-24(20)29/h4-11,16-18,26,28H,12-15H2,1-3H3. The Bertz CT molecular complexity index is 1250. The van der Waals surface area contributed by atoms with Crippen molar-refractivity contribution in [2.45, 2.75) is 45.6 Å². The molecule has 0 radical (unpaired) electrons. The third kappa shape index (κ3) is 3.34. The van der Waals surface area contributed by atoms with Gasteiger partial charge in [0.15, 0.2) is 0 Å². The van der Waals surface area contributed by atoms with E-state index in [1.165, 1.54) is 52.2 Å². The number of H-pyrrole nitrogens is 1. The summed E-state index contributed by atoms with van der Waals surface area (Å²) >= 11 is 0. The van der Waals surface area contributed by atoms with Crippen LogP contribution in [0.4, 0.5) is 0 Å². The van der Waals surface area contributed by atoms with Crippen LogP contribution in [0.15, 0.2) is 54.7 Å². The number of carbonyl (C=O) groups excluding carboxylic acids is 1. The molecule has 3 unspecified atom stereocenters. The fourth-order valence-electron chi connectivity index (χ4n) is 5.37. The largest absolute Gasteiger partial charge is 0.469 e. The molecule has 0 bridgehead atoms. The van der Waals surface area contributed by atoms with Crippen LogP contribution in [0.1, 0.15) is 49.6 Å². The number of nitrogens with zero attached hydrogens (tertiary/aromatic N) is 1. The van der Waals surface area contributed by atoms with Crippen molar-refractivity contribution in [3.63, 3.8) is 0 Å². The average molecular weight is 415 g/mol. The molecule has 0 fully saturated rings. The second-order valence-corrected chi connectivity index (χ2v) is 9.07. The molecule has 0 amide bonds. The van der Waals surface area contributed by atoms with Gasteiger partial charge in [0, 0.05) is 33.7 Å². The van der Waals surface area contributed by atoms with Gasteiger partial charge in [-0.25, -0.2) is 0 Å². The number of aryl methyl sites for hydroxylation is 2. The Labute approximate surface area is 183 Å². The number of esters is 1. The van der Waals surface area contributed by atoms with E-state index >= 15 is 0 Å². The van der Waals surface area contributed by atoms with E-state index in [4.69, 9.17) is 4.74 Å². The Balaban J connectivity index is 1.59. The Morgan fingerprint density at radius 2 is 1.90 bits per heavy atom. The van der Waals surface area contributed by atoms with Crippen molar-refractivity contribution in [2.75, 3.05) is 7.11 Å². The average Bonchev–Trinajstić information content (AvgIpc) is 3.35. The summed E-state index contributed by atoms with van der Waals surface area (Å²) in [6.45, 7) is 4.32. The molecule has 0 saturated heterocycles. The first kappa shape index (κ1) is 19.9. The van der Waals surface area contributed by atoms with Gasteiger partial charge in [-0.15, -0.1) is 0 Å². The van der Waals surface area contributed by atoms with Crippen LogP contribution in [-0.2, 0) is 22.4 Å². The molecule has 1 aliphatic carbocycles. The zero-order valence-electron chi connectivity index (χ0n) is 18.5. The summed E-state index contributed by atoms with van der Waals surface area (Å²) in [4.78, 5) is 15.6. The number of hydrogen-bond acceptors (Lipinski definition) is 2. The van der Waals surface area contributed by atoms with Crippen LogP contribution in [0.3, 0.4) is 0 Å². The van der Waals surface area contributed by atoms with E-state index < -0.39 is 0 Å². The lowest BCUT2D eigenvalue weighted by molar-refractivity contribution is -0.145. The molecule has 0 spiro atoms. The van der Waals surface area contributed by atoms with Crippen molar-refractivity contribution in [3.05, 3.63) is 71.5 Å². The third-order valence-corrected chi connectivity index (χ3v) is 7.10. The molecule has 4 nitrogen and oxygen atoms in total. The third-order valence-electron chi connectivity index (χ3n) is 7.10. The van der Waals surface area contributed by atoms with Gasteiger partial charge >= 0.3 is 5.97 Å². The molecule has 3 atom stereocenters. The molecule has 1 aliphatic rings. The molecule has 160 valence electrons. The van der Waals surface area contributed by atoms with E-state index in [0.29, 0.717) is 5.92 Å². The topological polar surface area (TPSA) is 47.0 Å². The number of nitrogens with one attached hydrogen (secondary N) is 1. The fourth-order valence-corrected chi connectivity index (χ4v) is 5.37. The summed E-state index contributed by atoms with van der Waals surface area (Å²) in [5, 5.41) is 2.65. The number of aromatic amines is 1. The first-order valence-corrected chi connectivity index (χ1v) is 11.3. The number of aromatic nitrogens is 2. The Kier molecular flexibility index (Phi) is 5.09. The first-order valence-electron chi connectivity index (χ1n) is 11.3. The van der Waals surface area contributed by atoms with Crippen LogP contribution < -0.4 is 0 Å². The van der Waals surface area contributed by atoms with Crippen molar-refractivity contribution in [3.8, 4) is 0 Å². The van der Waals surface area contributed by atoms with Gasteiger partial charge in [-0.1, -0.05) is 50.2 Å². The fraction of sp³-hybridized carbons (Fsp3) is 0.370. The molecule has 2 aromatic carbocycles. The summed E-state index contributed by atoms with van der Waals surface area (Å²) in [5.74, 6) is 0.312. The van der Waals surface area contributed by atoms with Crippen molar-refractivity contribution in [1.29, 1.82) is 0 Å². The summed E-state index contributed by atoms with van der Waals surface area (Å²) < 4.78 is 7.40. The van der Waals surface area contributed by atoms with Crippen LogP contribution in [0.2, 0.25) is 0 Å². The lowest BCUT2D eigenvalue weighted by Crippen LogP contribution is -2.24. The normalized spacial score (nSPS) is 19.5. The van der Waals surface area contributed by atoms with Crippen LogP contribution in [-0.4, -0.2) is 22.6 Å². The quantitative estimate of drug-likeness (QED) is 0.405. The maximum atomic E-state index is 11.9. The second kappa shape index (κ2) is 7.92. The predicted octanol–water partition coefficient (Wildman–Crippen LogP) is 6.04. The van der Waals surface area contributed by atoms with Crippen molar-refractivity contribution >= 4 is 27.8 Å². The highest BCUT2D eigenvalue weighted by molar-refractivity contribution is 5.87. The number of hydrogen-bond donors (Lipinski definition) is 1. The summed E-state index contributed by atoms with van der Waals surface area (Å²) in [7, 11) is 1.47. The van der Waals surface area contributed by atoms with Crippen molar-refractivity contribution in [2.24, 2.45) is 11.8 Å². The molecule has 1 N–H and O–H groups in total. The summed E-state index contributed by atoms with van der Waals surface area (Å²) in [6, 6.07) is 17.6.